The quantitative estimate of drug-likeness (QED) is 0.533. The minimum absolute atomic E-state index is 0.958. The molecule has 0 bridgehead atoms. The van der Waals surface area contributed by atoms with Crippen LogP contribution in [0.1, 0.15) is 0 Å². The van der Waals surface area contributed by atoms with Crippen LogP contribution in [0.25, 0.3) is 0 Å². The monoisotopic (exact) mass is 90.0 g/mol. The summed E-state index contributed by atoms with van der Waals surface area (Å²) in [5.74, 6) is 0.958. The number of rotatable bonds is 2. The van der Waals surface area contributed by atoms with Crippen molar-refractivity contribution in [3.8, 4) is 0 Å². The van der Waals surface area contributed by atoms with E-state index in [1.165, 1.54) is 0 Å². The molecular weight excluding hydrogens is 82.1 g/mol. The minimum Gasteiger partial charge on any atom is -0.326 e. The van der Waals surface area contributed by atoms with Crippen molar-refractivity contribution in [3.63, 3.8) is 0 Å². The first-order valence-electron chi connectivity index (χ1n) is 1.44. The van der Waals surface area contributed by atoms with E-state index in [4.69, 9.17) is 5.73 Å². The lowest BCUT2D eigenvalue weighted by Crippen LogP contribution is -1.90. The van der Waals surface area contributed by atoms with Crippen LogP contribution < -0.4 is 5.73 Å². The molecule has 0 aliphatic rings. The maximum atomic E-state index is 4.99. The highest BCUT2D eigenvalue weighted by Gasteiger charge is 1.68. The number of nitrogens with two attached hydrogens (primary N) is 1. The molecule has 5 heavy (non-hydrogen) atoms. The molecule has 0 aliphatic carbocycles. The smallest absolute Gasteiger partial charge is 0.0292 e. The van der Waals surface area contributed by atoms with E-state index < -0.39 is 0 Å². The molecule has 0 heterocycles. The molecule has 0 atom stereocenters. The normalized spacial score (nSPS) is 8.40. The summed E-state index contributed by atoms with van der Waals surface area (Å²) in [5.41, 5.74) is 4.99. The van der Waals surface area contributed by atoms with Gasteiger partial charge in [-0.2, -0.15) is 11.8 Å². The Labute approximate surface area is 36.9 Å². The molecule has 0 aromatic rings. The van der Waals surface area contributed by atoms with Crippen molar-refractivity contribution in [2.24, 2.45) is 5.73 Å². The lowest BCUT2D eigenvalue weighted by Gasteiger charge is -1.80. The average molecular weight is 90.2 g/mol. The fourth-order valence-electron chi connectivity index (χ4n) is 0.0962. The molecule has 0 amide bonds. The highest BCUT2D eigenvalue weighted by molar-refractivity contribution is 7.98. The second-order valence-electron chi connectivity index (χ2n) is 0.691. The molecule has 2 N–H and O–H groups in total. The fourth-order valence-corrected chi connectivity index (χ4v) is 0.289. The van der Waals surface area contributed by atoms with E-state index >= 15 is 0 Å². The Morgan fingerprint density at radius 1 is 2.00 bits per heavy atom. The molecular formula is C3H8NS. The van der Waals surface area contributed by atoms with Gasteiger partial charge in [-0.3, -0.25) is 0 Å². The van der Waals surface area contributed by atoms with Crippen molar-refractivity contribution in [1.82, 2.24) is 0 Å². The molecule has 0 fully saturated rings. The maximum Gasteiger partial charge on any atom is 0.0292 e. The van der Waals surface area contributed by atoms with E-state index in [1.807, 2.05) is 6.26 Å². The van der Waals surface area contributed by atoms with Gasteiger partial charge in [-0.05, 0) is 6.26 Å². The summed E-state index contributed by atoms with van der Waals surface area (Å²) in [6.07, 6.45) is 2.02. The van der Waals surface area contributed by atoms with Crippen LogP contribution in [0.3, 0.4) is 0 Å². The third-order valence-electron chi connectivity index (χ3n) is 0.263. The van der Waals surface area contributed by atoms with Gasteiger partial charge in [-0.25, -0.2) is 0 Å². The molecule has 0 saturated heterocycles. The topological polar surface area (TPSA) is 26.0 Å². The first-order chi connectivity index (χ1) is 2.41. The fraction of sp³-hybridized carbons (Fsp3) is 0.667. The van der Waals surface area contributed by atoms with Crippen LogP contribution in [0.2, 0.25) is 0 Å². The molecule has 0 unspecified atom stereocenters. The Hall–Kier alpha value is 0.310. The van der Waals surface area contributed by atoms with Gasteiger partial charge in [0.05, 0.1) is 0 Å². The summed E-state index contributed by atoms with van der Waals surface area (Å²) >= 11 is 1.72. The van der Waals surface area contributed by atoms with Gasteiger partial charge in [-0.1, -0.05) is 0 Å². The second-order valence-corrected chi connectivity index (χ2v) is 1.60. The first-order valence-corrected chi connectivity index (χ1v) is 2.83. The van der Waals surface area contributed by atoms with Gasteiger partial charge in [0.2, 0.25) is 0 Å². The van der Waals surface area contributed by atoms with Gasteiger partial charge in [0.15, 0.2) is 0 Å². The maximum absolute atomic E-state index is 4.99. The van der Waals surface area contributed by atoms with Crippen molar-refractivity contribution in [2.45, 2.75) is 0 Å². The van der Waals surface area contributed by atoms with Gasteiger partial charge in [0.25, 0.3) is 0 Å². The minimum atomic E-state index is 0.958. The standard InChI is InChI=1S/C3H8NS/c1-5-3-2-4/h2H,3-4H2,1H3. The highest BCUT2D eigenvalue weighted by Crippen LogP contribution is 1.86. The van der Waals surface area contributed by atoms with Gasteiger partial charge in [0.1, 0.15) is 0 Å². The van der Waals surface area contributed by atoms with Crippen LogP contribution in [0.5, 0.6) is 0 Å². The van der Waals surface area contributed by atoms with Crippen molar-refractivity contribution in [3.05, 3.63) is 6.54 Å². The number of hydrogen-bond acceptors (Lipinski definition) is 2. The predicted octanol–water partition coefficient (Wildman–Crippen LogP) is 0.470. The molecule has 0 aromatic heterocycles. The molecule has 1 nitrogen and oxygen atoms in total. The van der Waals surface area contributed by atoms with Crippen LogP contribution >= 0.6 is 11.8 Å². The van der Waals surface area contributed by atoms with Crippen LogP contribution in [0.4, 0.5) is 0 Å². The van der Waals surface area contributed by atoms with E-state index in [9.17, 15) is 0 Å². The van der Waals surface area contributed by atoms with E-state index in [0.717, 1.165) is 5.75 Å². The molecule has 0 spiro atoms. The van der Waals surface area contributed by atoms with Gasteiger partial charge >= 0.3 is 0 Å². The molecule has 0 rings (SSSR count). The zero-order valence-electron chi connectivity index (χ0n) is 3.27. The zero-order chi connectivity index (χ0) is 4.12. The van der Waals surface area contributed by atoms with E-state index in [-0.39, 0.29) is 0 Å². The van der Waals surface area contributed by atoms with Crippen molar-refractivity contribution in [2.75, 3.05) is 12.0 Å². The van der Waals surface area contributed by atoms with E-state index in [0.29, 0.717) is 0 Å². The second kappa shape index (κ2) is 4.31. The summed E-state index contributed by atoms with van der Waals surface area (Å²) in [6, 6.07) is 0. The molecule has 0 aromatic carbocycles. The van der Waals surface area contributed by atoms with Crippen LogP contribution in [-0.4, -0.2) is 12.0 Å². The van der Waals surface area contributed by atoms with Crippen LogP contribution in [0.15, 0.2) is 0 Å². The van der Waals surface area contributed by atoms with Crippen molar-refractivity contribution >= 4 is 11.8 Å². The van der Waals surface area contributed by atoms with Gasteiger partial charge in [-0.15, -0.1) is 0 Å². The van der Waals surface area contributed by atoms with E-state index in [2.05, 4.69) is 0 Å². The van der Waals surface area contributed by atoms with Gasteiger partial charge < -0.3 is 5.73 Å². The Balaban J connectivity index is 2.19. The van der Waals surface area contributed by atoms with Gasteiger partial charge in [0, 0.05) is 12.3 Å². The lowest BCUT2D eigenvalue weighted by atomic mass is 10.8. The Kier molecular flexibility index (Phi) is 4.58. The average Bonchev–Trinajstić information content (AvgIpc) is 1.41. The van der Waals surface area contributed by atoms with E-state index in [1.54, 1.807) is 18.3 Å². The molecule has 2 heteroatoms. The molecule has 0 aliphatic heterocycles. The van der Waals surface area contributed by atoms with Crippen molar-refractivity contribution < 1.29 is 0 Å². The Morgan fingerprint density at radius 2 is 2.60 bits per heavy atom. The molecule has 1 radical (unpaired) electrons. The SMILES string of the molecule is CSC[CH]N. The molecule has 31 valence electrons. The Bertz CT molecular complexity index is 14.4. The summed E-state index contributed by atoms with van der Waals surface area (Å²) in [5, 5.41) is 0. The number of thioether (sulfide) groups is 1. The first kappa shape index (κ1) is 5.31. The lowest BCUT2D eigenvalue weighted by molar-refractivity contribution is 1.34. The summed E-state index contributed by atoms with van der Waals surface area (Å²) in [6.45, 7) is 1.64. The largest absolute Gasteiger partial charge is 0.326 e. The molecule has 0 saturated carbocycles. The Morgan fingerprint density at radius 3 is 2.60 bits per heavy atom. The third kappa shape index (κ3) is 4.31. The predicted molar refractivity (Wildman–Crippen MR) is 26.9 cm³/mol. The van der Waals surface area contributed by atoms with Crippen molar-refractivity contribution in [1.29, 1.82) is 0 Å². The zero-order valence-corrected chi connectivity index (χ0v) is 4.09. The third-order valence-corrected chi connectivity index (χ3v) is 0.789. The summed E-state index contributed by atoms with van der Waals surface area (Å²) in [4.78, 5) is 0. The summed E-state index contributed by atoms with van der Waals surface area (Å²) < 4.78 is 0. The summed E-state index contributed by atoms with van der Waals surface area (Å²) in [7, 11) is 0. The number of hydrogen-bond donors (Lipinski definition) is 1. The highest BCUT2D eigenvalue weighted by atomic mass is 32.2. The van der Waals surface area contributed by atoms with Crippen LogP contribution in [-0.2, 0) is 0 Å². The van der Waals surface area contributed by atoms with Crippen LogP contribution in [0, 0.1) is 6.54 Å².